The Labute approximate surface area is 135 Å². The zero-order valence-electron chi connectivity index (χ0n) is 14.2. The van der Waals surface area contributed by atoms with Gasteiger partial charge in [0.15, 0.2) is 0 Å². The van der Waals surface area contributed by atoms with Crippen molar-refractivity contribution < 1.29 is 13.2 Å². The SMILES string of the molecule is CC(C)CN1CCC[C@@]2(CCC(=O)N2CCS(C)(=O)=O)CC1. The molecule has 1 spiro atoms. The maximum Gasteiger partial charge on any atom is 0.223 e. The molecule has 2 aliphatic heterocycles. The molecular weight excluding hydrogens is 300 g/mol. The van der Waals surface area contributed by atoms with E-state index in [9.17, 15) is 13.2 Å². The van der Waals surface area contributed by atoms with Crippen LogP contribution in [-0.2, 0) is 14.6 Å². The Bertz CT molecular complexity index is 504. The molecule has 2 rings (SSSR count). The first-order chi connectivity index (χ1) is 10.2. The summed E-state index contributed by atoms with van der Waals surface area (Å²) >= 11 is 0. The van der Waals surface area contributed by atoms with Gasteiger partial charge < -0.3 is 9.80 Å². The van der Waals surface area contributed by atoms with Gasteiger partial charge in [-0.15, -0.1) is 0 Å². The van der Waals surface area contributed by atoms with E-state index in [1.54, 1.807) is 0 Å². The van der Waals surface area contributed by atoms with Gasteiger partial charge in [-0.2, -0.15) is 0 Å². The first-order valence-corrected chi connectivity index (χ1v) is 10.5. The van der Waals surface area contributed by atoms with Crippen molar-refractivity contribution in [3.63, 3.8) is 0 Å². The van der Waals surface area contributed by atoms with E-state index in [2.05, 4.69) is 18.7 Å². The van der Waals surface area contributed by atoms with Crippen LogP contribution in [0.4, 0.5) is 0 Å². The summed E-state index contributed by atoms with van der Waals surface area (Å²) in [5, 5.41) is 0. The smallest absolute Gasteiger partial charge is 0.223 e. The average molecular weight is 330 g/mol. The van der Waals surface area contributed by atoms with Gasteiger partial charge in [-0.1, -0.05) is 13.8 Å². The maximum atomic E-state index is 12.3. The Kier molecular flexibility index (Phi) is 5.54. The Hall–Kier alpha value is -0.620. The highest BCUT2D eigenvalue weighted by atomic mass is 32.2. The summed E-state index contributed by atoms with van der Waals surface area (Å²) in [4.78, 5) is 16.6. The number of amides is 1. The second-order valence-corrected chi connectivity index (χ2v) is 9.71. The van der Waals surface area contributed by atoms with Crippen LogP contribution in [0.2, 0.25) is 0 Å². The summed E-state index contributed by atoms with van der Waals surface area (Å²) in [6, 6.07) is 0. The Morgan fingerprint density at radius 2 is 1.91 bits per heavy atom. The molecule has 0 saturated carbocycles. The van der Waals surface area contributed by atoms with Gasteiger partial charge in [0.2, 0.25) is 5.91 Å². The highest BCUT2D eigenvalue weighted by molar-refractivity contribution is 7.90. The van der Waals surface area contributed by atoms with Gasteiger partial charge in [0.25, 0.3) is 0 Å². The van der Waals surface area contributed by atoms with Gasteiger partial charge in [-0.3, -0.25) is 4.79 Å². The van der Waals surface area contributed by atoms with E-state index in [0.717, 1.165) is 45.3 Å². The van der Waals surface area contributed by atoms with Crippen LogP contribution in [0.15, 0.2) is 0 Å². The van der Waals surface area contributed by atoms with Gasteiger partial charge in [-0.25, -0.2) is 8.42 Å². The van der Waals surface area contributed by atoms with E-state index in [0.29, 0.717) is 18.9 Å². The second kappa shape index (κ2) is 6.87. The van der Waals surface area contributed by atoms with E-state index in [-0.39, 0.29) is 17.2 Å². The molecule has 0 aromatic heterocycles. The molecule has 2 aliphatic rings. The van der Waals surface area contributed by atoms with Gasteiger partial charge in [0, 0.05) is 37.8 Å². The number of rotatable bonds is 5. The lowest BCUT2D eigenvalue weighted by Gasteiger charge is -2.38. The van der Waals surface area contributed by atoms with E-state index < -0.39 is 9.84 Å². The quantitative estimate of drug-likeness (QED) is 0.767. The van der Waals surface area contributed by atoms with E-state index in [4.69, 9.17) is 0 Å². The average Bonchev–Trinajstić information content (AvgIpc) is 2.55. The van der Waals surface area contributed by atoms with Crippen LogP contribution in [0.1, 0.15) is 46.0 Å². The van der Waals surface area contributed by atoms with E-state index >= 15 is 0 Å². The van der Waals surface area contributed by atoms with Crippen LogP contribution in [-0.4, -0.2) is 67.9 Å². The molecule has 0 unspecified atom stereocenters. The molecule has 2 saturated heterocycles. The maximum absolute atomic E-state index is 12.3. The molecule has 6 heteroatoms. The number of nitrogens with zero attached hydrogens (tertiary/aromatic N) is 2. The minimum atomic E-state index is -3.03. The number of sulfone groups is 1. The molecule has 0 N–H and O–H groups in total. The Morgan fingerprint density at radius 1 is 1.18 bits per heavy atom. The first-order valence-electron chi connectivity index (χ1n) is 8.42. The van der Waals surface area contributed by atoms with Gasteiger partial charge in [0.1, 0.15) is 9.84 Å². The summed E-state index contributed by atoms with van der Waals surface area (Å²) in [6.45, 7) is 8.04. The second-order valence-electron chi connectivity index (χ2n) is 7.45. The molecule has 0 aromatic rings. The zero-order valence-corrected chi connectivity index (χ0v) is 15.0. The van der Waals surface area contributed by atoms with Crippen LogP contribution in [0.25, 0.3) is 0 Å². The van der Waals surface area contributed by atoms with Crippen LogP contribution in [0.5, 0.6) is 0 Å². The molecule has 1 amide bonds. The normalized spacial score (nSPS) is 27.8. The fraction of sp³-hybridized carbons (Fsp3) is 0.938. The fourth-order valence-electron chi connectivity index (χ4n) is 3.95. The zero-order chi connectivity index (χ0) is 16.4. The Morgan fingerprint density at radius 3 is 2.55 bits per heavy atom. The number of likely N-dealkylation sites (tertiary alicyclic amines) is 2. The number of carbonyl (C=O) groups excluding carboxylic acids is 1. The third-order valence-electron chi connectivity index (χ3n) is 5.00. The standard InChI is InChI=1S/C16H30N2O3S/c1-14(2)13-17-9-4-6-16(8-10-17)7-5-15(19)18(16)11-12-22(3,20)21/h14H,4-13H2,1-3H3/t16-/m1/s1. The summed E-state index contributed by atoms with van der Waals surface area (Å²) < 4.78 is 22.9. The van der Waals surface area contributed by atoms with Crippen molar-refractivity contribution in [2.45, 2.75) is 51.5 Å². The van der Waals surface area contributed by atoms with Crippen LogP contribution < -0.4 is 0 Å². The van der Waals surface area contributed by atoms with Crippen LogP contribution in [0, 0.1) is 5.92 Å². The van der Waals surface area contributed by atoms with Crippen molar-refractivity contribution in [3.05, 3.63) is 0 Å². The molecule has 2 heterocycles. The molecule has 0 aromatic carbocycles. The summed E-state index contributed by atoms with van der Waals surface area (Å²) in [6.07, 6.45) is 5.80. The first kappa shape index (κ1) is 17.7. The lowest BCUT2D eigenvalue weighted by molar-refractivity contribution is -0.131. The van der Waals surface area contributed by atoms with E-state index in [1.165, 1.54) is 6.26 Å². The molecule has 0 aliphatic carbocycles. The van der Waals surface area contributed by atoms with Gasteiger partial charge in [0.05, 0.1) is 5.75 Å². The van der Waals surface area contributed by atoms with Gasteiger partial charge >= 0.3 is 0 Å². The number of carbonyl (C=O) groups is 1. The minimum Gasteiger partial charge on any atom is -0.336 e. The molecular formula is C16H30N2O3S. The lowest BCUT2D eigenvalue weighted by Crippen LogP contribution is -2.48. The predicted molar refractivity (Wildman–Crippen MR) is 88.5 cm³/mol. The summed E-state index contributed by atoms with van der Waals surface area (Å²) in [5.74, 6) is 0.873. The fourth-order valence-corrected chi connectivity index (χ4v) is 4.46. The van der Waals surface area contributed by atoms with Gasteiger partial charge in [-0.05, 0) is 38.1 Å². The molecule has 0 bridgehead atoms. The van der Waals surface area contributed by atoms with Crippen molar-refractivity contribution in [3.8, 4) is 0 Å². The minimum absolute atomic E-state index is 0.0796. The highest BCUT2D eigenvalue weighted by Gasteiger charge is 2.45. The molecule has 2 fully saturated rings. The van der Waals surface area contributed by atoms with E-state index in [1.807, 2.05) is 4.90 Å². The molecule has 22 heavy (non-hydrogen) atoms. The number of hydrogen-bond donors (Lipinski definition) is 0. The predicted octanol–water partition coefficient (Wildman–Crippen LogP) is 1.53. The van der Waals surface area contributed by atoms with Crippen LogP contribution >= 0.6 is 0 Å². The van der Waals surface area contributed by atoms with Crippen molar-refractivity contribution in [1.29, 1.82) is 0 Å². The van der Waals surface area contributed by atoms with Crippen molar-refractivity contribution in [2.24, 2.45) is 5.92 Å². The molecule has 1 atom stereocenters. The molecule has 5 nitrogen and oxygen atoms in total. The summed E-state index contributed by atoms with van der Waals surface area (Å²) in [7, 11) is -3.03. The summed E-state index contributed by atoms with van der Waals surface area (Å²) in [5.41, 5.74) is -0.0898. The number of hydrogen-bond acceptors (Lipinski definition) is 4. The van der Waals surface area contributed by atoms with Crippen LogP contribution in [0.3, 0.4) is 0 Å². The largest absolute Gasteiger partial charge is 0.336 e. The monoisotopic (exact) mass is 330 g/mol. The Balaban J connectivity index is 2.05. The third kappa shape index (κ3) is 4.44. The van der Waals surface area contributed by atoms with Crippen molar-refractivity contribution in [1.82, 2.24) is 9.80 Å². The molecule has 128 valence electrons. The lowest BCUT2D eigenvalue weighted by atomic mass is 9.88. The topological polar surface area (TPSA) is 57.7 Å². The van der Waals surface area contributed by atoms with Crippen molar-refractivity contribution >= 4 is 15.7 Å². The third-order valence-corrected chi connectivity index (χ3v) is 5.92. The van der Waals surface area contributed by atoms with Crippen molar-refractivity contribution in [2.75, 3.05) is 38.2 Å². The molecule has 0 radical (unpaired) electrons. The highest BCUT2D eigenvalue weighted by Crippen LogP contribution is 2.39.